The van der Waals surface area contributed by atoms with Gasteiger partial charge in [-0.3, -0.25) is 0 Å². The van der Waals surface area contributed by atoms with Gasteiger partial charge in [0.15, 0.2) is 0 Å². The lowest BCUT2D eigenvalue weighted by molar-refractivity contribution is -0.195. The normalized spacial score (nSPS) is 27.1. The van der Waals surface area contributed by atoms with Crippen molar-refractivity contribution in [3.8, 4) is 0 Å². The molecule has 1 saturated carbocycles. The fourth-order valence-corrected chi connectivity index (χ4v) is 1.78. The van der Waals surface area contributed by atoms with E-state index in [1.807, 2.05) is 20.8 Å². The van der Waals surface area contributed by atoms with Gasteiger partial charge in [-0.1, -0.05) is 0 Å². The van der Waals surface area contributed by atoms with Crippen molar-refractivity contribution in [1.82, 2.24) is 10.4 Å². The zero-order chi connectivity index (χ0) is 11.8. The topological polar surface area (TPSA) is 41.6 Å². The molecule has 1 aliphatic heterocycles. The Morgan fingerprint density at radius 1 is 1.25 bits per heavy atom. The molecule has 1 saturated heterocycles. The Kier molecular flexibility index (Phi) is 3.22. The van der Waals surface area contributed by atoms with Gasteiger partial charge in [-0.15, -0.1) is 5.06 Å². The second-order valence-corrected chi connectivity index (χ2v) is 5.94. The van der Waals surface area contributed by atoms with Crippen molar-refractivity contribution < 1.29 is 9.63 Å². The molecule has 16 heavy (non-hydrogen) atoms. The van der Waals surface area contributed by atoms with E-state index >= 15 is 0 Å². The average molecular weight is 226 g/mol. The summed E-state index contributed by atoms with van der Waals surface area (Å²) in [6.07, 6.45) is 3.69. The molecular weight excluding hydrogens is 204 g/mol. The van der Waals surface area contributed by atoms with Crippen LogP contribution in [0.3, 0.4) is 0 Å². The number of nitrogens with one attached hydrogen (secondary N) is 1. The van der Waals surface area contributed by atoms with E-state index in [9.17, 15) is 4.79 Å². The maximum atomic E-state index is 11.7. The second kappa shape index (κ2) is 4.34. The highest BCUT2D eigenvalue weighted by atomic mass is 16.7. The van der Waals surface area contributed by atoms with E-state index in [4.69, 9.17) is 4.84 Å². The predicted octanol–water partition coefficient (Wildman–Crippen LogP) is 1.32. The molecule has 0 aromatic carbocycles. The highest BCUT2D eigenvalue weighted by molar-refractivity contribution is 5.75. The summed E-state index contributed by atoms with van der Waals surface area (Å²) in [7, 11) is 0. The molecule has 2 rings (SSSR count). The van der Waals surface area contributed by atoms with Gasteiger partial charge in [0.25, 0.3) is 0 Å². The first kappa shape index (κ1) is 11.9. The molecular formula is C12H22N2O2. The predicted molar refractivity (Wildman–Crippen MR) is 61.7 cm³/mol. The SMILES string of the molecule is CC(C)(C)C(=O)ON1CCC(NC2CC2)C1. The summed E-state index contributed by atoms with van der Waals surface area (Å²) in [6.45, 7) is 7.33. The van der Waals surface area contributed by atoms with Gasteiger partial charge in [0.05, 0.1) is 12.0 Å². The van der Waals surface area contributed by atoms with Crippen LogP contribution >= 0.6 is 0 Å². The summed E-state index contributed by atoms with van der Waals surface area (Å²) >= 11 is 0. The van der Waals surface area contributed by atoms with Crippen molar-refractivity contribution in [2.75, 3.05) is 13.1 Å². The Labute approximate surface area is 97.3 Å². The second-order valence-electron chi connectivity index (χ2n) is 5.94. The Bertz CT molecular complexity index is 269. The zero-order valence-electron chi connectivity index (χ0n) is 10.5. The molecule has 0 radical (unpaired) electrons. The summed E-state index contributed by atoms with van der Waals surface area (Å²) in [5.74, 6) is -0.139. The van der Waals surface area contributed by atoms with E-state index in [2.05, 4.69) is 5.32 Å². The van der Waals surface area contributed by atoms with E-state index in [0.717, 1.165) is 25.6 Å². The van der Waals surface area contributed by atoms with Gasteiger partial charge in [-0.2, -0.15) is 0 Å². The first-order valence-electron chi connectivity index (χ1n) is 6.18. The number of nitrogens with zero attached hydrogens (tertiary/aromatic N) is 1. The minimum absolute atomic E-state index is 0.139. The van der Waals surface area contributed by atoms with Crippen LogP contribution in [0.4, 0.5) is 0 Å². The molecule has 4 nitrogen and oxygen atoms in total. The first-order chi connectivity index (χ1) is 7.45. The third kappa shape index (κ3) is 3.19. The minimum Gasteiger partial charge on any atom is -0.367 e. The largest absolute Gasteiger partial charge is 0.367 e. The van der Waals surface area contributed by atoms with Crippen molar-refractivity contribution in [1.29, 1.82) is 0 Å². The Hall–Kier alpha value is -0.610. The lowest BCUT2D eigenvalue weighted by atomic mass is 9.98. The van der Waals surface area contributed by atoms with Crippen LogP contribution in [-0.2, 0) is 9.63 Å². The highest BCUT2D eigenvalue weighted by Gasteiger charge is 2.32. The smallest absolute Gasteiger partial charge is 0.330 e. The van der Waals surface area contributed by atoms with Gasteiger partial charge in [-0.05, 0) is 40.0 Å². The Morgan fingerprint density at radius 3 is 2.50 bits per heavy atom. The highest BCUT2D eigenvalue weighted by Crippen LogP contribution is 2.23. The van der Waals surface area contributed by atoms with Crippen LogP contribution in [0.5, 0.6) is 0 Å². The fourth-order valence-electron chi connectivity index (χ4n) is 1.78. The molecule has 0 amide bonds. The summed E-state index contributed by atoms with van der Waals surface area (Å²) in [5, 5.41) is 5.36. The lowest BCUT2D eigenvalue weighted by Crippen LogP contribution is -2.36. The molecule has 2 aliphatic rings. The van der Waals surface area contributed by atoms with E-state index in [1.165, 1.54) is 12.8 Å². The van der Waals surface area contributed by atoms with Crippen LogP contribution in [0, 0.1) is 5.41 Å². The lowest BCUT2D eigenvalue weighted by Gasteiger charge is -2.22. The van der Waals surface area contributed by atoms with E-state index < -0.39 is 5.41 Å². The molecule has 2 fully saturated rings. The van der Waals surface area contributed by atoms with Crippen molar-refractivity contribution in [3.63, 3.8) is 0 Å². The van der Waals surface area contributed by atoms with Crippen LogP contribution in [0.15, 0.2) is 0 Å². The number of hydrogen-bond acceptors (Lipinski definition) is 4. The number of hydroxylamine groups is 2. The van der Waals surface area contributed by atoms with Gasteiger partial charge in [0.2, 0.25) is 0 Å². The molecule has 0 bridgehead atoms. The number of carbonyl (C=O) groups excluding carboxylic acids is 1. The van der Waals surface area contributed by atoms with Crippen molar-refractivity contribution in [3.05, 3.63) is 0 Å². The summed E-state index contributed by atoms with van der Waals surface area (Å²) in [5.41, 5.74) is -0.415. The molecule has 1 aliphatic carbocycles. The molecule has 0 aromatic heterocycles. The third-order valence-electron chi connectivity index (χ3n) is 3.02. The van der Waals surface area contributed by atoms with Crippen LogP contribution in [0.2, 0.25) is 0 Å². The first-order valence-corrected chi connectivity index (χ1v) is 6.18. The Balaban J connectivity index is 1.73. The molecule has 1 heterocycles. The third-order valence-corrected chi connectivity index (χ3v) is 3.02. The van der Waals surface area contributed by atoms with Crippen molar-refractivity contribution in [2.45, 2.75) is 52.1 Å². The monoisotopic (exact) mass is 226 g/mol. The minimum atomic E-state index is -0.415. The maximum Gasteiger partial charge on any atom is 0.330 e. The van der Waals surface area contributed by atoms with E-state index in [1.54, 1.807) is 5.06 Å². The van der Waals surface area contributed by atoms with Gasteiger partial charge in [0.1, 0.15) is 0 Å². The molecule has 1 unspecified atom stereocenters. The van der Waals surface area contributed by atoms with Gasteiger partial charge >= 0.3 is 5.97 Å². The Morgan fingerprint density at radius 2 is 1.94 bits per heavy atom. The van der Waals surface area contributed by atoms with Crippen LogP contribution in [0.25, 0.3) is 0 Å². The molecule has 0 aromatic rings. The van der Waals surface area contributed by atoms with Crippen LogP contribution < -0.4 is 5.32 Å². The van der Waals surface area contributed by atoms with Gasteiger partial charge in [-0.25, -0.2) is 4.79 Å². The number of hydrogen-bond donors (Lipinski definition) is 1. The molecule has 4 heteroatoms. The summed E-state index contributed by atoms with van der Waals surface area (Å²) in [4.78, 5) is 17.0. The quantitative estimate of drug-likeness (QED) is 0.788. The molecule has 0 spiro atoms. The standard InChI is InChI=1S/C12H22N2O2/c1-12(2,3)11(15)16-14-7-6-10(8-14)13-9-4-5-9/h9-10,13H,4-8H2,1-3H3. The average Bonchev–Trinajstić information content (AvgIpc) is 2.85. The van der Waals surface area contributed by atoms with Crippen LogP contribution in [0.1, 0.15) is 40.0 Å². The van der Waals surface area contributed by atoms with Crippen molar-refractivity contribution >= 4 is 5.97 Å². The van der Waals surface area contributed by atoms with Crippen molar-refractivity contribution in [2.24, 2.45) is 5.41 Å². The van der Waals surface area contributed by atoms with Gasteiger partial charge in [0, 0.05) is 18.6 Å². The molecule has 92 valence electrons. The number of carbonyl (C=O) groups is 1. The van der Waals surface area contributed by atoms with Gasteiger partial charge < -0.3 is 10.2 Å². The zero-order valence-corrected chi connectivity index (χ0v) is 10.5. The maximum absolute atomic E-state index is 11.7. The van der Waals surface area contributed by atoms with E-state index in [-0.39, 0.29) is 5.97 Å². The van der Waals surface area contributed by atoms with Crippen LogP contribution in [-0.4, -0.2) is 36.2 Å². The number of rotatable bonds is 3. The fraction of sp³-hybridized carbons (Fsp3) is 0.917. The molecule has 1 atom stereocenters. The summed E-state index contributed by atoms with van der Waals surface area (Å²) in [6, 6.07) is 1.23. The van der Waals surface area contributed by atoms with E-state index in [0.29, 0.717) is 6.04 Å². The summed E-state index contributed by atoms with van der Waals surface area (Å²) < 4.78 is 0. The molecule has 1 N–H and O–H groups in total.